The van der Waals surface area contributed by atoms with Crippen LogP contribution in [0.5, 0.6) is 0 Å². The highest BCUT2D eigenvalue weighted by Crippen LogP contribution is 2.26. The normalized spacial score (nSPS) is 13.5. The highest BCUT2D eigenvalue weighted by Gasteiger charge is 2.21. The minimum atomic E-state index is -0.0135. The fraction of sp³-hybridized carbons (Fsp3) is 0.414. The summed E-state index contributed by atoms with van der Waals surface area (Å²) in [6.45, 7) is 9.14. The third-order valence-electron chi connectivity index (χ3n) is 7.32. The Bertz CT molecular complexity index is 1400. The molecule has 1 aliphatic rings. The lowest BCUT2D eigenvalue weighted by Crippen LogP contribution is -2.30. The minimum Gasteiger partial charge on any atom is -0.383 e. The van der Waals surface area contributed by atoms with Gasteiger partial charge in [-0.15, -0.1) is 0 Å². The number of aromatic nitrogens is 4. The molecule has 0 unspecified atom stereocenters. The van der Waals surface area contributed by atoms with Crippen LogP contribution >= 0.6 is 0 Å². The van der Waals surface area contributed by atoms with Crippen LogP contribution in [0.3, 0.4) is 0 Å². The number of benzene rings is 1. The maximum Gasteiger partial charge on any atom is 0.199 e. The van der Waals surface area contributed by atoms with Crippen molar-refractivity contribution in [1.82, 2.24) is 24.2 Å². The van der Waals surface area contributed by atoms with Crippen molar-refractivity contribution in [3.05, 3.63) is 76.5 Å². The second kappa shape index (κ2) is 11.3. The number of methoxy groups -OCH3 is 1. The zero-order chi connectivity index (χ0) is 25.8. The summed E-state index contributed by atoms with van der Waals surface area (Å²) in [6, 6.07) is 10.8. The van der Waals surface area contributed by atoms with Crippen molar-refractivity contribution >= 4 is 16.7 Å². The Kier molecular flexibility index (Phi) is 7.67. The molecule has 8 nitrogen and oxygen atoms in total. The zero-order valence-corrected chi connectivity index (χ0v) is 22.0. The molecule has 3 aromatic heterocycles. The Morgan fingerprint density at radius 3 is 2.59 bits per heavy atom. The first-order chi connectivity index (χ1) is 18.1. The molecule has 1 aliphatic carbocycles. The van der Waals surface area contributed by atoms with Crippen LogP contribution in [0.1, 0.15) is 25.0 Å². The van der Waals surface area contributed by atoms with E-state index in [1.54, 1.807) is 13.3 Å². The summed E-state index contributed by atoms with van der Waals surface area (Å²) in [5.41, 5.74) is 5.84. The van der Waals surface area contributed by atoms with Gasteiger partial charge in [0.15, 0.2) is 5.43 Å². The third kappa shape index (κ3) is 5.45. The van der Waals surface area contributed by atoms with E-state index in [0.29, 0.717) is 29.2 Å². The van der Waals surface area contributed by atoms with E-state index < -0.39 is 0 Å². The first kappa shape index (κ1) is 25.2. The van der Waals surface area contributed by atoms with Gasteiger partial charge in [0.25, 0.3) is 0 Å². The molecule has 1 aromatic carbocycles. The van der Waals surface area contributed by atoms with Crippen molar-refractivity contribution in [2.75, 3.05) is 38.7 Å². The van der Waals surface area contributed by atoms with Crippen LogP contribution in [-0.2, 0) is 30.7 Å². The van der Waals surface area contributed by atoms with E-state index in [-0.39, 0.29) is 5.43 Å². The molecule has 0 radical (unpaired) electrons. The van der Waals surface area contributed by atoms with E-state index in [2.05, 4.69) is 53.4 Å². The summed E-state index contributed by atoms with van der Waals surface area (Å²) in [5.74, 6) is 0. The Labute approximate surface area is 217 Å². The first-order valence-corrected chi connectivity index (χ1v) is 13.2. The summed E-state index contributed by atoms with van der Waals surface area (Å²) in [7, 11) is 1.72. The molecule has 1 N–H and O–H groups in total. The van der Waals surface area contributed by atoms with Crippen LogP contribution < -0.4 is 10.7 Å². The smallest absolute Gasteiger partial charge is 0.199 e. The molecule has 0 fully saturated rings. The number of fused-ring (bicyclic) bond motifs is 2. The molecule has 194 valence electrons. The Hall–Kier alpha value is -3.49. The summed E-state index contributed by atoms with van der Waals surface area (Å²) < 4.78 is 9.17. The average Bonchev–Trinajstić information content (AvgIpc) is 3.56. The van der Waals surface area contributed by atoms with Crippen molar-refractivity contribution in [2.24, 2.45) is 0 Å². The number of hydrogen-bond acceptors (Lipinski definition) is 6. The molecular formula is C29H36N6O2. The van der Waals surface area contributed by atoms with Gasteiger partial charge in [-0.05, 0) is 43.5 Å². The number of rotatable bonds is 11. The topological polar surface area (TPSA) is 77.2 Å². The second-order valence-electron chi connectivity index (χ2n) is 9.69. The highest BCUT2D eigenvalue weighted by atomic mass is 16.5. The maximum absolute atomic E-state index is 13.7. The van der Waals surface area contributed by atoms with Crippen molar-refractivity contribution in [3.63, 3.8) is 0 Å². The van der Waals surface area contributed by atoms with Crippen LogP contribution in [0.15, 0.2) is 59.9 Å². The van der Waals surface area contributed by atoms with Crippen molar-refractivity contribution in [1.29, 1.82) is 0 Å². The molecule has 0 spiro atoms. The van der Waals surface area contributed by atoms with Crippen LogP contribution in [-0.4, -0.2) is 63.6 Å². The van der Waals surface area contributed by atoms with E-state index in [4.69, 9.17) is 9.72 Å². The molecule has 0 amide bonds. The highest BCUT2D eigenvalue weighted by molar-refractivity contribution is 5.83. The van der Waals surface area contributed by atoms with Crippen molar-refractivity contribution in [2.45, 2.75) is 45.8 Å². The van der Waals surface area contributed by atoms with E-state index >= 15 is 0 Å². The average molecular weight is 501 g/mol. The van der Waals surface area contributed by atoms with Crippen LogP contribution in [0.4, 0.5) is 5.69 Å². The molecule has 0 bridgehead atoms. The van der Waals surface area contributed by atoms with Gasteiger partial charge in [0, 0.05) is 56.3 Å². The Morgan fingerprint density at radius 1 is 1.11 bits per heavy atom. The summed E-state index contributed by atoms with van der Waals surface area (Å²) in [6.07, 6.45) is 9.48. The number of pyridine rings is 2. The van der Waals surface area contributed by atoms with Crippen molar-refractivity contribution in [3.8, 4) is 11.1 Å². The predicted molar refractivity (Wildman–Crippen MR) is 148 cm³/mol. The van der Waals surface area contributed by atoms with E-state index in [1.807, 2.05) is 33.9 Å². The second-order valence-corrected chi connectivity index (χ2v) is 9.69. The van der Waals surface area contributed by atoms with Gasteiger partial charge in [0.2, 0.25) is 0 Å². The predicted octanol–water partition coefficient (Wildman–Crippen LogP) is 3.83. The lowest BCUT2D eigenvalue weighted by atomic mass is 10.1. The van der Waals surface area contributed by atoms with Gasteiger partial charge in [0.05, 0.1) is 36.6 Å². The SMILES string of the molecule is CCN(CCOC)CCn1cc(-c2cn(CC)c3ncc(NC4Cc5ccccc5C4)cc3c2=O)cn1. The summed E-state index contributed by atoms with van der Waals surface area (Å²) in [4.78, 5) is 20.7. The fourth-order valence-electron chi connectivity index (χ4n) is 5.21. The van der Waals surface area contributed by atoms with Gasteiger partial charge in [0.1, 0.15) is 5.65 Å². The molecule has 37 heavy (non-hydrogen) atoms. The molecule has 0 saturated heterocycles. The molecule has 4 aromatic rings. The van der Waals surface area contributed by atoms with E-state index in [1.165, 1.54) is 11.1 Å². The first-order valence-electron chi connectivity index (χ1n) is 13.2. The van der Waals surface area contributed by atoms with Crippen LogP contribution in [0.2, 0.25) is 0 Å². The zero-order valence-electron chi connectivity index (χ0n) is 22.0. The number of nitrogens with zero attached hydrogens (tertiary/aromatic N) is 5. The van der Waals surface area contributed by atoms with Crippen LogP contribution in [0.25, 0.3) is 22.2 Å². The van der Waals surface area contributed by atoms with Crippen LogP contribution in [0, 0.1) is 0 Å². The quantitative estimate of drug-likeness (QED) is 0.337. The van der Waals surface area contributed by atoms with Crippen molar-refractivity contribution < 1.29 is 4.74 Å². The van der Waals surface area contributed by atoms with Gasteiger partial charge in [-0.3, -0.25) is 14.4 Å². The Balaban J connectivity index is 1.38. The molecule has 0 atom stereocenters. The van der Waals surface area contributed by atoms with E-state index in [0.717, 1.165) is 56.8 Å². The maximum atomic E-state index is 13.7. The van der Waals surface area contributed by atoms with Gasteiger partial charge < -0.3 is 14.6 Å². The van der Waals surface area contributed by atoms with E-state index in [9.17, 15) is 4.79 Å². The van der Waals surface area contributed by atoms with Gasteiger partial charge in [-0.25, -0.2) is 4.98 Å². The largest absolute Gasteiger partial charge is 0.383 e. The molecule has 8 heteroatoms. The number of ether oxygens (including phenoxy) is 1. The van der Waals surface area contributed by atoms with Gasteiger partial charge in [-0.1, -0.05) is 31.2 Å². The Morgan fingerprint density at radius 2 is 1.89 bits per heavy atom. The number of anilines is 1. The fourth-order valence-corrected chi connectivity index (χ4v) is 5.21. The summed E-state index contributed by atoms with van der Waals surface area (Å²) in [5, 5.41) is 8.79. The number of likely N-dealkylation sites (N-methyl/N-ethyl adjacent to an activating group) is 1. The minimum absolute atomic E-state index is 0.0135. The standard InChI is InChI=1S/C29H36N6O2/c1-4-33(12-13-37-3)10-11-35-19-23(17-31-35)27-20-34(5-2)29-26(28(27)36)16-25(18-30-29)32-24-14-21-8-6-7-9-22(21)15-24/h6-9,16-20,24,32H,4-5,10-15H2,1-3H3. The van der Waals surface area contributed by atoms with Gasteiger partial charge >= 0.3 is 0 Å². The van der Waals surface area contributed by atoms with Gasteiger partial charge in [-0.2, -0.15) is 5.10 Å². The number of nitrogens with one attached hydrogen (secondary N) is 1. The molecule has 0 saturated carbocycles. The third-order valence-corrected chi connectivity index (χ3v) is 7.32. The monoisotopic (exact) mass is 500 g/mol. The lowest BCUT2D eigenvalue weighted by molar-refractivity contribution is 0.148. The summed E-state index contributed by atoms with van der Waals surface area (Å²) >= 11 is 0. The lowest BCUT2D eigenvalue weighted by Gasteiger charge is -2.19. The molecule has 3 heterocycles. The number of aryl methyl sites for hydroxylation is 1. The molecule has 0 aliphatic heterocycles. The number of hydrogen-bond donors (Lipinski definition) is 1. The molecule has 5 rings (SSSR count). The molecular weight excluding hydrogens is 464 g/mol.